The molecule has 10 heteroatoms. The zero-order valence-electron chi connectivity index (χ0n) is 9.44. The molecule has 1 heterocycles. The van der Waals surface area contributed by atoms with E-state index in [9.17, 15) is 26.3 Å². The summed E-state index contributed by atoms with van der Waals surface area (Å²) in [4.78, 5) is 3.30. The fraction of sp³-hybridized carbons (Fsp3) is 0.400. The van der Waals surface area contributed by atoms with Crippen molar-refractivity contribution < 1.29 is 31.1 Å². The molecule has 0 bridgehead atoms. The molecule has 0 atom stereocenters. The monoisotopic (exact) mass is 362 g/mol. The van der Waals surface area contributed by atoms with E-state index in [-0.39, 0.29) is 0 Å². The number of pyridine rings is 1. The first kappa shape index (κ1) is 16.6. The Morgan fingerprint density at radius 3 is 2.25 bits per heavy atom. The standard InChI is InChI=1S/C10H5BrF6N2O/c11-4-6-7(9(12,13)14)3-5(1-2-18)19-8(6)20-10(15,16)17/h3H,1,4H2. The summed E-state index contributed by atoms with van der Waals surface area (Å²) in [6, 6.07) is 2.04. The summed E-state index contributed by atoms with van der Waals surface area (Å²) >= 11 is 2.67. The van der Waals surface area contributed by atoms with Crippen LogP contribution in [0.3, 0.4) is 0 Å². The smallest absolute Gasteiger partial charge is 0.388 e. The van der Waals surface area contributed by atoms with Crippen molar-refractivity contribution in [3.63, 3.8) is 0 Å². The summed E-state index contributed by atoms with van der Waals surface area (Å²) in [6.45, 7) is 0. The molecular weight excluding hydrogens is 358 g/mol. The van der Waals surface area contributed by atoms with E-state index in [1.807, 2.05) is 0 Å². The zero-order valence-corrected chi connectivity index (χ0v) is 11.0. The molecule has 0 saturated carbocycles. The van der Waals surface area contributed by atoms with Crippen molar-refractivity contribution in [1.29, 1.82) is 5.26 Å². The van der Waals surface area contributed by atoms with Crippen molar-refractivity contribution >= 4 is 15.9 Å². The normalized spacial score (nSPS) is 12.1. The van der Waals surface area contributed by atoms with E-state index >= 15 is 0 Å². The second-order valence-corrected chi connectivity index (χ2v) is 4.02. The maximum absolute atomic E-state index is 12.8. The van der Waals surface area contributed by atoms with Crippen molar-refractivity contribution in [2.75, 3.05) is 0 Å². The third-order valence-corrected chi connectivity index (χ3v) is 2.61. The van der Waals surface area contributed by atoms with Crippen LogP contribution in [-0.2, 0) is 17.9 Å². The van der Waals surface area contributed by atoms with Gasteiger partial charge in [0.25, 0.3) is 0 Å². The molecule has 0 unspecified atom stereocenters. The summed E-state index contributed by atoms with van der Waals surface area (Å²) in [5, 5.41) is 7.89. The van der Waals surface area contributed by atoms with Gasteiger partial charge in [-0.1, -0.05) is 15.9 Å². The van der Waals surface area contributed by atoms with E-state index in [4.69, 9.17) is 5.26 Å². The van der Waals surface area contributed by atoms with Crippen LogP contribution in [0.2, 0.25) is 0 Å². The van der Waals surface area contributed by atoms with Gasteiger partial charge in [-0.25, -0.2) is 4.98 Å². The number of ether oxygens (including phenoxy) is 1. The van der Waals surface area contributed by atoms with E-state index in [1.54, 1.807) is 0 Å². The van der Waals surface area contributed by atoms with Crippen molar-refractivity contribution in [2.45, 2.75) is 24.3 Å². The Morgan fingerprint density at radius 1 is 1.25 bits per heavy atom. The fourth-order valence-corrected chi connectivity index (χ4v) is 1.89. The van der Waals surface area contributed by atoms with Gasteiger partial charge < -0.3 is 4.74 Å². The molecule has 110 valence electrons. The molecule has 20 heavy (non-hydrogen) atoms. The van der Waals surface area contributed by atoms with Crippen LogP contribution in [0.4, 0.5) is 26.3 Å². The van der Waals surface area contributed by atoms with E-state index in [1.165, 1.54) is 6.07 Å². The number of halogens is 7. The average Bonchev–Trinajstić information content (AvgIpc) is 2.25. The van der Waals surface area contributed by atoms with Gasteiger partial charge in [0, 0.05) is 10.9 Å². The maximum atomic E-state index is 12.8. The van der Waals surface area contributed by atoms with Crippen LogP contribution in [0.1, 0.15) is 16.8 Å². The van der Waals surface area contributed by atoms with Crippen LogP contribution in [0.25, 0.3) is 0 Å². The summed E-state index contributed by atoms with van der Waals surface area (Å²) in [5.41, 5.74) is -2.56. The highest BCUT2D eigenvalue weighted by Crippen LogP contribution is 2.38. The van der Waals surface area contributed by atoms with E-state index in [0.717, 1.165) is 0 Å². The Kier molecular flexibility index (Phi) is 4.86. The number of hydrogen-bond donors (Lipinski definition) is 0. The minimum atomic E-state index is -5.18. The van der Waals surface area contributed by atoms with Crippen molar-refractivity contribution in [3.8, 4) is 11.9 Å². The molecule has 3 nitrogen and oxygen atoms in total. The molecule has 0 aliphatic carbocycles. The summed E-state index contributed by atoms with van der Waals surface area (Å²) in [5.74, 6) is -1.21. The molecule has 0 fully saturated rings. The number of aromatic nitrogens is 1. The molecule has 0 aliphatic heterocycles. The van der Waals surface area contributed by atoms with Crippen molar-refractivity contribution in [2.24, 2.45) is 0 Å². The number of nitriles is 1. The second-order valence-electron chi connectivity index (χ2n) is 3.46. The second kappa shape index (κ2) is 5.87. The minimum Gasteiger partial charge on any atom is -0.388 e. The summed E-state index contributed by atoms with van der Waals surface area (Å²) < 4.78 is 78.4. The van der Waals surface area contributed by atoms with Crippen LogP contribution in [0.15, 0.2) is 6.07 Å². The first-order valence-corrected chi connectivity index (χ1v) is 5.99. The lowest BCUT2D eigenvalue weighted by atomic mass is 10.1. The lowest BCUT2D eigenvalue weighted by Gasteiger charge is -2.17. The quantitative estimate of drug-likeness (QED) is 0.603. The summed E-state index contributed by atoms with van der Waals surface area (Å²) in [6.07, 6.45) is -10.6. The predicted octanol–water partition coefficient (Wildman–Crippen LogP) is 3.96. The Balaban J connectivity index is 3.47. The zero-order chi connectivity index (χ0) is 15.6. The van der Waals surface area contributed by atoms with Gasteiger partial charge in [0.05, 0.1) is 23.7 Å². The third-order valence-electron chi connectivity index (χ3n) is 2.05. The Labute approximate surface area is 117 Å². The molecule has 0 spiro atoms. The first-order chi connectivity index (χ1) is 9.08. The molecule has 0 aromatic carbocycles. The lowest BCUT2D eigenvalue weighted by Crippen LogP contribution is -2.21. The van der Waals surface area contributed by atoms with Gasteiger partial charge in [-0.3, -0.25) is 0 Å². The molecule has 0 amide bonds. The number of nitrogens with zero attached hydrogens (tertiary/aromatic N) is 2. The molecular formula is C10H5BrF6N2O. The molecule has 1 rings (SSSR count). The average molecular weight is 363 g/mol. The fourth-order valence-electron chi connectivity index (χ4n) is 1.35. The molecule has 1 aromatic heterocycles. The number of rotatable bonds is 3. The Morgan fingerprint density at radius 2 is 1.85 bits per heavy atom. The van der Waals surface area contributed by atoms with Gasteiger partial charge in [-0.2, -0.15) is 18.4 Å². The third kappa shape index (κ3) is 4.26. The van der Waals surface area contributed by atoms with Crippen LogP contribution in [0.5, 0.6) is 5.88 Å². The van der Waals surface area contributed by atoms with Gasteiger partial charge in [-0.05, 0) is 6.07 Å². The van der Waals surface area contributed by atoms with Gasteiger partial charge >= 0.3 is 12.5 Å². The number of alkyl halides is 7. The van der Waals surface area contributed by atoms with E-state index < -0.39 is 47.0 Å². The number of hydrogen-bond acceptors (Lipinski definition) is 3. The Bertz CT molecular complexity index is 534. The van der Waals surface area contributed by atoms with Crippen molar-refractivity contribution in [1.82, 2.24) is 4.98 Å². The van der Waals surface area contributed by atoms with Gasteiger partial charge in [0.1, 0.15) is 0 Å². The maximum Gasteiger partial charge on any atom is 0.574 e. The van der Waals surface area contributed by atoms with Crippen LogP contribution < -0.4 is 4.74 Å². The highest BCUT2D eigenvalue weighted by atomic mass is 79.9. The summed E-state index contributed by atoms with van der Waals surface area (Å²) in [7, 11) is 0. The van der Waals surface area contributed by atoms with Crippen LogP contribution in [0, 0.1) is 11.3 Å². The van der Waals surface area contributed by atoms with E-state index in [2.05, 4.69) is 25.7 Å². The van der Waals surface area contributed by atoms with Crippen molar-refractivity contribution in [3.05, 3.63) is 22.9 Å². The van der Waals surface area contributed by atoms with Crippen LogP contribution in [-0.4, -0.2) is 11.3 Å². The Hall–Kier alpha value is -1.50. The largest absolute Gasteiger partial charge is 0.574 e. The van der Waals surface area contributed by atoms with Gasteiger partial charge in [0.2, 0.25) is 5.88 Å². The van der Waals surface area contributed by atoms with E-state index in [0.29, 0.717) is 6.07 Å². The van der Waals surface area contributed by atoms with Gasteiger partial charge in [-0.15, -0.1) is 13.2 Å². The van der Waals surface area contributed by atoms with Gasteiger partial charge in [0.15, 0.2) is 0 Å². The molecule has 0 radical (unpaired) electrons. The SMILES string of the molecule is N#CCc1cc(C(F)(F)F)c(CBr)c(OC(F)(F)F)n1. The topological polar surface area (TPSA) is 45.9 Å². The molecule has 0 N–H and O–H groups in total. The lowest BCUT2D eigenvalue weighted by molar-refractivity contribution is -0.276. The highest BCUT2D eigenvalue weighted by molar-refractivity contribution is 9.08. The molecule has 1 aromatic rings. The highest BCUT2D eigenvalue weighted by Gasteiger charge is 2.39. The first-order valence-electron chi connectivity index (χ1n) is 4.87. The molecule has 0 saturated heterocycles. The minimum absolute atomic E-state index is 0.455. The molecule has 0 aliphatic rings. The van der Waals surface area contributed by atoms with Crippen LogP contribution >= 0.6 is 15.9 Å². The predicted molar refractivity (Wildman–Crippen MR) is 57.9 cm³/mol.